The second kappa shape index (κ2) is 5.64. The van der Waals surface area contributed by atoms with Crippen LogP contribution in [0.15, 0.2) is 18.2 Å². The van der Waals surface area contributed by atoms with Gasteiger partial charge in [-0.1, -0.05) is 11.6 Å². The van der Waals surface area contributed by atoms with E-state index in [1.165, 1.54) is 6.92 Å². The van der Waals surface area contributed by atoms with Gasteiger partial charge in [0.15, 0.2) is 5.60 Å². The number of aliphatic hydroxyl groups is 1. The first-order valence-corrected chi connectivity index (χ1v) is 7.27. The molecule has 1 unspecified atom stereocenters. The van der Waals surface area contributed by atoms with Gasteiger partial charge in [-0.2, -0.15) is 5.26 Å². The van der Waals surface area contributed by atoms with Crippen LogP contribution in [0.1, 0.15) is 25.3 Å². The minimum absolute atomic E-state index is 0.213. The van der Waals surface area contributed by atoms with Crippen molar-refractivity contribution in [2.75, 3.05) is 19.6 Å². The van der Waals surface area contributed by atoms with Crippen molar-refractivity contribution in [3.8, 4) is 6.07 Å². The Morgan fingerprint density at radius 3 is 2.62 bits per heavy atom. The molecule has 1 aromatic rings. The Balaban J connectivity index is 2.42. The van der Waals surface area contributed by atoms with Crippen LogP contribution in [0.5, 0.6) is 0 Å². The maximum Gasteiger partial charge on any atom is 0.255 e. The van der Waals surface area contributed by atoms with Crippen molar-refractivity contribution in [2.45, 2.75) is 25.4 Å². The van der Waals surface area contributed by atoms with Crippen LogP contribution < -0.4 is 10.2 Å². The second-order valence-electron chi connectivity index (χ2n) is 5.87. The molecular formula is C15H19ClN3O2+. The summed E-state index contributed by atoms with van der Waals surface area (Å²) in [6, 6.07) is 7.30. The number of hydrogen-bond acceptors (Lipinski definition) is 3. The van der Waals surface area contributed by atoms with E-state index in [1.807, 2.05) is 12.1 Å². The third-order valence-electron chi connectivity index (χ3n) is 4.18. The topological polar surface area (TPSA) is 87.1 Å². The molecule has 1 atom stereocenters. The maximum absolute atomic E-state index is 11.4. The summed E-state index contributed by atoms with van der Waals surface area (Å²) in [5.74, 6) is -0.730. The number of carbonyl (C=O) groups excluding carboxylic acids is 1. The number of amides is 1. The highest BCUT2D eigenvalue weighted by Crippen LogP contribution is 2.34. The molecule has 1 aliphatic heterocycles. The summed E-state index contributed by atoms with van der Waals surface area (Å²) in [7, 11) is 0. The summed E-state index contributed by atoms with van der Waals surface area (Å²) in [5.41, 5.74) is 5.03. The Morgan fingerprint density at radius 2 is 2.14 bits per heavy atom. The van der Waals surface area contributed by atoms with E-state index in [0.717, 1.165) is 31.6 Å². The molecule has 0 spiro atoms. The number of nitrogens with zero attached hydrogens (tertiary/aromatic N) is 2. The van der Waals surface area contributed by atoms with E-state index < -0.39 is 11.5 Å². The van der Waals surface area contributed by atoms with Gasteiger partial charge < -0.3 is 10.8 Å². The van der Waals surface area contributed by atoms with Crippen molar-refractivity contribution in [1.29, 1.82) is 5.26 Å². The number of nitrogens with two attached hydrogens (primary N) is 1. The summed E-state index contributed by atoms with van der Waals surface area (Å²) >= 11 is 6.12. The first-order valence-electron chi connectivity index (χ1n) is 6.89. The molecule has 5 nitrogen and oxygen atoms in total. The molecule has 0 aromatic heterocycles. The summed E-state index contributed by atoms with van der Waals surface area (Å²) in [6.07, 6.45) is 2.01. The van der Waals surface area contributed by atoms with E-state index in [4.69, 9.17) is 22.6 Å². The second-order valence-corrected chi connectivity index (χ2v) is 6.28. The number of rotatable bonds is 4. The van der Waals surface area contributed by atoms with Crippen molar-refractivity contribution < 1.29 is 9.90 Å². The summed E-state index contributed by atoms with van der Waals surface area (Å²) in [6.45, 7) is 3.28. The van der Waals surface area contributed by atoms with Gasteiger partial charge in [-0.05, 0) is 13.0 Å². The summed E-state index contributed by atoms with van der Waals surface area (Å²) < 4.78 is 0.460. The van der Waals surface area contributed by atoms with Crippen LogP contribution in [-0.4, -0.2) is 36.2 Å². The van der Waals surface area contributed by atoms with Crippen LogP contribution in [0.4, 0.5) is 5.69 Å². The van der Waals surface area contributed by atoms with Crippen LogP contribution in [0.2, 0.25) is 5.02 Å². The highest BCUT2D eigenvalue weighted by atomic mass is 35.5. The van der Waals surface area contributed by atoms with Crippen molar-refractivity contribution in [3.63, 3.8) is 0 Å². The Bertz CT molecular complexity index is 601. The van der Waals surface area contributed by atoms with E-state index in [0.29, 0.717) is 15.1 Å². The number of quaternary nitrogens is 1. The summed E-state index contributed by atoms with van der Waals surface area (Å²) in [5, 5.41) is 19.6. The molecule has 3 N–H and O–H groups in total. The van der Waals surface area contributed by atoms with Crippen molar-refractivity contribution in [3.05, 3.63) is 28.8 Å². The first kappa shape index (κ1) is 15.8. The molecule has 1 amide bonds. The van der Waals surface area contributed by atoms with Gasteiger partial charge in [0.25, 0.3) is 5.91 Å². The van der Waals surface area contributed by atoms with Gasteiger partial charge in [-0.3, -0.25) is 9.28 Å². The number of primary amides is 1. The number of benzene rings is 1. The molecule has 1 fully saturated rings. The fourth-order valence-corrected chi connectivity index (χ4v) is 3.22. The molecule has 0 aliphatic carbocycles. The number of carbonyl (C=O) groups is 1. The SMILES string of the molecule is CC(O)(C[N+]1(c2ccc(C#N)c(Cl)c2)CCCC1)C(N)=O. The minimum atomic E-state index is -1.58. The van der Waals surface area contributed by atoms with Gasteiger partial charge >= 0.3 is 0 Å². The Kier molecular flexibility index (Phi) is 4.24. The van der Waals surface area contributed by atoms with Crippen LogP contribution >= 0.6 is 11.6 Å². The van der Waals surface area contributed by atoms with Gasteiger partial charge in [0.05, 0.1) is 23.7 Å². The van der Waals surface area contributed by atoms with Crippen LogP contribution in [0, 0.1) is 11.3 Å². The zero-order valence-electron chi connectivity index (χ0n) is 12.0. The Hall–Kier alpha value is -1.61. The zero-order chi connectivity index (χ0) is 15.7. The molecule has 1 aliphatic rings. The van der Waals surface area contributed by atoms with E-state index >= 15 is 0 Å². The van der Waals surface area contributed by atoms with E-state index in [-0.39, 0.29) is 6.54 Å². The van der Waals surface area contributed by atoms with Crippen LogP contribution in [0.3, 0.4) is 0 Å². The van der Waals surface area contributed by atoms with Crippen LogP contribution in [0.25, 0.3) is 0 Å². The average Bonchev–Trinajstić information content (AvgIpc) is 2.87. The van der Waals surface area contributed by atoms with Gasteiger partial charge in [0.1, 0.15) is 18.3 Å². The third kappa shape index (κ3) is 3.03. The van der Waals surface area contributed by atoms with Gasteiger partial charge in [0.2, 0.25) is 0 Å². The van der Waals surface area contributed by atoms with Gasteiger partial charge in [0, 0.05) is 25.0 Å². The average molecular weight is 309 g/mol. The first-order chi connectivity index (χ1) is 9.81. The largest absolute Gasteiger partial charge is 0.375 e. The molecule has 0 saturated carbocycles. The van der Waals surface area contributed by atoms with Crippen molar-refractivity contribution in [2.24, 2.45) is 5.73 Å². The molecule has 21 heavy (non-hydrogen) atoms. The summed E-state index contributed by atoms with van der Waals surface area (Å²) in [4.78, 5) is 11.4. The van der Waals surface area contributed by atoms with E-state index in [1.54, 1.807) is 12.1 Å². The number of nitriles is 1. The number of halogens is 1. The molecule has 0 bridgehead atoms. The molecule has 1 aromatic carbocycles. The predicted octanol–water partition coefficient (Wildman–Crippen LogP) is 1.55. The van der Waals surface area contributed by atoms with Crippen molar-refractivity contribution in [1.82, 2.24) is 4.48 Å². The molecule has 2 rings (SSSR count). The lowest BCUT2D eigenvalue weighted by molar-refractivity contribution is -0.135. The monoisotopic (exact) mass is 308 g/mol. The van der Waals surface area contributed by atoms with Gasteiger partial charge in [-0.15, -0.1) is 0 Å². The lowest BCUT2D eigenvalue weighted by Crippen LogP contribution is -2.59. The standard InChI is InChI=1S/C15H18ClN3O2/c1-15(21,14(18)20)10-19(6-2-3-7-19)12-5-4-11(9-17)13(16)8-12/h4-5,8,21H,2-3,6-7,10H2,1H3,(H-,18,20)/p+1. The number of likely N-dealkylation sites (tertiary alicyclic amines) is 1. The van der Waals surface area contributed by atoms with E-state index in [2.05, 4.69) is 0 Å². The molecule has 6 heteroatoms. The molecule has 112 valence electrons. The van der Waals surface area contributed by atoms with Crippen LogP contribution in [-0.2, 0) is 4.79 Å². The maximum atomic E-state index is 11.4. The number of hydrogen-bond donors (Lipinski definition) is 2. The third-order valence-corrected chi connectivity index (χ3v) is 4.50. The normalized spacial score (nSPS) is 19.7. The zero-order valence-corrected chi connectivity index (χ0v) is 12.7. The highest BCUT2D eigenvalue weighted by molar-refractivity contribution is 6.32. The molecule has 0 radical (unpaired) electrons. The fraction of sp³-hybridized carbons (Fsp3) is 0.467. The predicted molar refractivity (Wildman–Crippen MR) is 81.6 cm³/mol. The van der Waals surface area contributed by atoms with E-state index in [9.17, 15) is 9.90 Å². The quantitative estimate of drug-likeness (QED) is 0.827. The molecular weight excluding hydrogens is 290 g/mol. The molecule has 1 heterocycles. The van der Waals surface area contributed by atoms with Gasteiger partial charge in [-0.25, -0.2) is 0 Å². The Labute approximate surface area is 129 Å². The lowest BCUT2D eigenvalue weighted by atomic mass is 10.0. The van der Waals surface area contributed by atoms with Crippen molar-refractivity contribution >= 4 is 23.2 Å². The molecule has 1 saturated heterocycles. The fourth-order valence-electron chi connectivity index (χ4n) is 3.01. The highest BCUT2D eigenvalue weighted by Gasteiger charge is 2.44. The lowest BCUT2D eigenvalue weighted by Gasteiger charge is -2.38. The Morgan fingerprint density at radius 1 is 1.52 bits per heavy atom. The smallest absolute Gasteiger partial charge is 0.255 e. The minimum Gasteiger partial charge on any atom is -0.375 e.